The molecule has 0 spiro atoms. The number of Topliss-reactive ketones (excluding diaryl/α,β-unsaturated/α-hetero) is 2. The average molecular weight is 373 g/mol. The molecule has 1 aromatic carbocycles. The van der Waals surface area contributed by atoms with Crippen LogP contribution >= 0.6 is 0 Å². The second-order valence-corrected chi connectivity index (χ2v) is 6.12. The first kappa shape index (κ1) is 19.8. The lowest BCUT2D eigenvalue weighted by Crippen LogP contribution is -2.25. The minimum atomic E-state index is -1.15. The number of aromatic amines is 1. The van der Waals surface area contributed by atoms with Crippen molar-refractivity contribution < 1.29 is 24.0 Å². The summed E-state index contributed by atoms with van der Waals surface area (Å²) in [7, 11) is 0. The highest BCUT2D eigenvalue weighted by molar-refractivity contribution is 6.06. The molecular weight excluding hydrogens is 354 g/mol. The number of nitro benzene ring substituents is 1. The van der Waals surface area contributed by atoms with Gasteiger partial charge in [-0.3, -0.25) is 19.7 Å². The van der Waals surface area contributed by atoms with Crippen LogP contribution in [0.2, 0.25) is 0 Å². The van der Waals surface area contributed by atoms with E-state index in [0.29, 0.717) is 16.8 Å². The summed E-state index contributed by atoms with van der Waals surface area (Å²) in [5.74, 6) is -1.56. The molecule has 0 aliphatic carbocycles. The Labute approximate surface area is 154 Å². The Balaban J connectivity index is 2.22. The standard InChI is InChI=1S/C18H19N3O6/c1-8-15(10(3)22)9(2)20-16(8)17(23)11(4)27-18(24)13-6-5-12(21(25)26)7-14(13)19/h5-7,11,20H,19H2,1-4H3/t11-/m1/s1. The number of non-ortho nitro benzene ring substituents is 1. The third-order valence-corrected chi connectivity index (χ3v) is 4.15. The number of ketones is 2. The average Bonchev–Trinajstić information content (AvgIpc) is 2.88. The Hall–Kier alpha value is -3.49. The number of carbonyl (C=O) groups excluding carboxylic acids is 3. The number of carbonyl (C=O) groups is 3. The van der Waals surface area contributed by atoms with Crippen LogP contribution in [0.25, 0.3) is 0 Å². The van der Waals surface area contributed by atoms with Gasteiger partial charge in [0.05, 0.1) is 21.9 Å². The normalized spacial score (nSPS) is 11.7. The molecule has 27 heavy (non-hydrogen) atoms. The van der Waals surface area contributed by atoms with Gasteiger partial charge >= 0.3 is 5.97 Å². The first-order valence-electron chi connectivity index (χ1n) is 8.03. The predicted octanol–water partition coefficient (Wildman–Crippen LogP) is 2.75. The smallest absolute Gasteiger partial charge is 0.340 e. The molecule has 1 heterocycles. The molecule has 2 rings (SSSR count). The number of aromatic nitrogens is 1. The van der Waals surface area contributed by atoms with Crippen molar-refractivity contribution in [2.45, 2.75) is 33.8 Å². The van der Waals surface area contributed by atoms with E-state index in [9.17, 15) is 24.5 Å². The molecule has 0 fully saturated rings. The molecule has 2 aromatic rings. The predicted molar refractivity (Wildman–Crippen MR) is 97.0 cm³/mol. The Morgan fingerprint density at radius 2 is 1.89 bits per heavy atom. The zero-order chi connectivity index (χ0) is 20.5. The zero-order valence-electron chi connectivity index (χ0n) is 15.3. The summed E-state index contributed by atoms with van der Waals surface area (Å²) < 4.78 is 5.16. The Bertz CT molecular complexity index is 960. The lowest BCUT2D eigenvalue weighted by atomic mass is 10.0. The lowest BCUT2D eigenvalue weighted by Gasteiger charge is -2.13. The van der Waals surface area contributed by atoms with E-state index in [2.05, 4.69) is 4.98 Å². The molecule has 3 N–H and O–H groups in total. The number of esters is 1. The van der Waals surface area contributed by atoms with Gasteiger partial charge in [0.15, 0.2) is 11.9 Å². The van der Waals surface area contributed by atoms with Crippen molar-refractivity contribution in [2.24, 2.45) is 0 Å². The first-order valence-corrected chi connectivity index (χ1v) is 8.03. The van der Waals surface area contributed by atoms with Gasteiger partial charge in [-0.25, -0.2) is 4.79 Å². The Morgan fingerprint density at radius 3 is 2.37 bits per heavy atom. The molecule has 1 atom stereocenters. The second-order valence-electron chi connectivity index (χ2n) is 6.12. The van der Waals surface area contributed by atoms with Gasteiger partial charge in [0.25, 0.3) is 5.69 Å². The molecule has 0 aliphatic rings. The summed E-state index contributed by atoms with van der Waals surface area (Å²) in [5.41, 5.74) is 6.87. The number of hydrogen-bond acceptors (Lipinski definition) is 7. The van der Waals surface area contributed by atoms with Gasteiger partial charge in [0.1, 0.15) is 0 Å². The summed E-state index contributed by atoms with van der Waals surface area (Å²) >= 11 is 0. The van der Waals surface area contributed by atoms with E-state index in [1.807, 2.05) is 0 Å². The SMILES string of the molecule is CC(=O)c1c(C)[nH]c(C(=O)[C@@H](C)OC(=O)c2ccc([N+](=O)[O-])cc2N)c1C. The Kier molecular flexibility index (Phi) is 5.44. The van der Waals surface area contributed by atoms with E-state index in [1.54, 1.807) is 13.8 Å². The fourth-order valence-corrected chi connectivity index (χ4v) is 2.85. The van der Waals surface area contributed by atoms with Crippen molar-refractivity contribution in [2.75, 3.05) is 5.73 Å². The number of nitrogens with two attached hydrogens (primary N) is 1. The van der Waals surface area contributed by atoms with Crippen LogP contribution in [0.4, 0.5) is 11.4 Å². The van der Waals surface area contributed by atoms with Gasteiger partial charge in [-0.2, -0.15) is 0 Å². The number of nitrogens with one attached hydrogen (secondary N) is 1. The molecule has 0 saturated carbocycles. The highest BCUT2D eigenvalue weighted by Gasteiger charge is 2.27. The van der Waals surface area contributed by atoms with E-state index in [0.717, 1.165) is 12.1 Å². The maximum absolute atomic E-state index is 12.6. The van der Waals surface area contributed by atoms with Gasteiger partial charge < -0.3 is 15.5 Å². The summed E-state index contributed by atoms with van der Waals surface area (Å²) in [6.45, 7) is 6.11. The molecule has 0 aliphatic heterocycles. The van der Waals surface area contributed by atoms with Crippen LogP contribution in [-0.4, -0.2) is 33.5 Å². The fraction of sp³-hybridized carbons (Fsp3) is 0.278. The first-order chi connectivity index (χ1) is 12.5. The molecule has 0 unspecified atom stereocenters. The van der Waals surface area contributed by atoms with Crippen molar-refractivity contribution >= 4 is 28.9 Å². The van der Waals surface area contributed by atoms with Crippen LogP contribution in [0.5, 0.6) is 0 Å². The lowest BCUT2D eigenvalue weighted by molar-refractivity contribution is -0.384. The van der Waals surface area contributed by atoms with E-state index >= 15 is 0 Å². The number of aryl methyl sites for hydroxylation is 1. The maximum Gasteiger partial charge on any atom is 0.340 e. The van der Waals surface area contributed by atoms with Crippen LogP contribution in [0.1, 0.15) is 56.3 Å². The zero-order valence-corrected chi connectivity index (χ0v) is 15.3. The van der Waals surface area contributed by atoms with E-state index in [-0.39, 0.29) is 28.4 Å². The maximum atomic E-state index is 12.6. The number of hydrogen-bond donors (Lipinski definition) is 2. The fourth-order valence-electron chi connectivity index (χ4n) is 2.85. The molecular formula is C18H19N3O6. The van der Waals surface area contributed by atoms with Crippen LogP contribution in [0.3, 0.4) is 0 Å². The van der Waals surface area contributed by atoms with Crippen molar-refractivity contribution in [3.05, 3.63) is 56.4 Å². The van der Waals surface area contributed by atoms with Gasteiger partial charge in [0, 0.05) is 23.4 Å². The quantitative estimate of drug-likeness (QED) is 0.260. The number of ether oxygens (including phenoxy) is 1. The number of benzene rings is 1. The Morgan fingerprint density at radius 1 is 1.26 bits per heavy atom. The van der Waals surface area contributed by atoms with Crippen LogP contribution in [-0.2, 0) is 4.74 Å². The summed E-state index contributed by atoms with van der Waals surface area (Å²) in [5, 5.41) is 10.7. The highest BCUT2D eigenvalue weighted by Crippen LogP contribution is 2.23. The number of nitrogen functional groups attached to an aromatic ring is 1. The molecule has 9 heteroatoms. The molecule has 0 amide bonds. The molecule has 9 nitrogen and oxygen atoms in total. The third-order valence-electron chi connectivity index (χ3n) is 4.15. The van der Waals surface area contributed by atoms with Gasteiger partial charge in [-0.1, -0.05) is 0 Å². The number of nitrogens with zero attached hydrogens (tertiary/aromatic N) is 1. The van der Waals surface area contributed by atoms with Crippen LogP contribution < -0.4 is 5.73 Å². The summed E-state index contributed by atoms with van der Waals surface area (Å²) in [6.07, 6.45) is -1.15. The number of nitro groups is 1. The van der Waals surface area contributed by atoms with E-state index < -0.39 is 22.8 Å². The molecule has 142 valence electrons. The van der Waals surface area contributed by atoms with Gasteiger partial charge in [0.2, 0.25) is 5.78 Å². The van der Waals surface area contributed by atoms with Crippen molar-refractivity contribution in [1.82, 2.24) is 4.98 Å². The molecule has 0 radical (unpaired) electrons. The van der Waals surface area contributed by atoms with E-state index in [1.165, 1.54) is 19.9 Å². The minimum absolute atomic E-state index is 0.0796. The molecule has 0 bridgehead atoms. The largest absolute Gasteiger partial charge is 0.451 e. The third kappa shape index (κ3) is 3.86. The van der Waals surface area contributed by atoms with Crippen molar-refractivity contribution in [3.8, 4) is 0 Å². The molecule has 0 saturated heterocycles. The van der Waals surface area contributed by atoms with E-state index in [4.69, 9.17) is 10.5 Å². The monoisotopic (exact) mass is 373 g/mol. The van der Waals surface area contributed by atoms with Crippen molar-refractivity contribution in [3.63, 3.8) is 0 Å². The van der Waals surface area contributed by atoms with Crippen molar-refractivity contribution in [1.29, 1.82) is 0 Å². The number of H-pyrrole nitrogens is 1. The minimum Gasteiger partial charge on any atom is -0.451 e. The number of anilines is 1. The van der Waals surface area contributed by atoms with Gasteiger partial charge in [-0.05, 0) is 39.3 Å². The highest BCUT2D eigenvalue weighted by atomic mass is 16.6. The second kappa shape index (κ2) is 7.40. The number of rotatable bonds is 6. The topological polar surface area (TPSA) is 145 Å². The van der Waals surface area contributed by atoms with Gasteiger partial charge in [-0.15, -0.1) is 0 Å². The van der Waals surface area contributed by atoms with Crippen LogP contribution in [0.15, 0.2) is 18.2 Å². The van der Waals surface area contributed by atoms with Crippen LogP contribution in [0, 0.1) is 24.0 Å². The summed E-state index contributed by atoms with van der Waals surface area (Å²) in [4.78, 5) is 49.5. The summed E-state index contributed by atoms with van der Waals surface area (Å²) in [6, 6.07) is 3.34. The molecule has 1 aromatic heterocycles.